The molecule has 2 aromatic rings. The summed E-state index contributed by atoms with van der Waals surface area (Å²) in [7, 11) is 0. The van der Waals surface area contributed by atoms with Crippen LogP contribution in [0.3, 0.4) is 0 Å². The normalized spacial score (nSPS) is 19.9. The lowest BCUT2D eigenvalue weighted by Crippen LogP contribution is -2.45. The van der Waals surface area contributed by atoms with Crippen molar-refractivity contribution >= 4 is 11.6 Å². The van der Waals surface area contributed by atoms with Gasteiger partial charge in [-0.25, -0.2) is 4.98 Å². The molecule has 1 aromatic heterocycles. The van der Waals surface area contributed by atoms with Crippen LogP contribution < -0.4 is 15.8 Å². The van der Waals surface area contributed by atoms with Gasteiger partial charge in [0.2, 0.25) is 5.95 Å². The van der Waals surface area contributed by atoms with Gasteiger partial charge in [0.15, 0.2) is 0 Å². The van der Waals surface area contributed by atoms with E-state index in [1.807, 2.05) is 12.1 Å². The van der Waals surface area contributed by atoms with Crippen molar-refractivity contribution < 1.29 is 0 Å². The molecule has 27 heavy (non-hydrogen) atoms. The van der Waals surface area contributed by atoms with Crippen LogP contribution in [0.15, 0.2) is 23.0 Å². The monoisotopic (exact) mass is 361 g/mol. The number of aromatic amines is 1. The second kappa shape index (κ2) is 6.12. The van der Waals surface area contributed by atoms with Crippen molar-refractivity contribution in [2.75, 3.05) is 29.9 Å². The number of nitriles is 1. The molecule has 0 radical (unpaired) electrons. The molecule has 1 saturated heterocycles. The number of piperidine rings is 1. The van der Waals surface area contributed by atoms with Gasteiger partial charge < -0.3 is 10.2 Å². The molecule has 0 saturated carbocycles. The Kier molecular flexibility index (Phi) is 3.71. The van der Waals surface area contributed by atoms with E-state index in [0.717, 1.165) is 86.6 Å². The Bertz CT molecular complexity index is 995. The van der Waals surface area contributed by atoms with Gasteiger partial charge in [0.25, 0.3) is 5.56 Å². The number of aryl methyl sites for hydroxylation is 1. The van der Waals surface area contributed by atoms with Crippen molar-refractivity contribution in [3.05, 3.63) is 50.9 Å². The number of anilines is 2. The molecular formula is C21H23N5O. The summed E-state index contributed by atoms with van der Waals surface area (Å²) in [6.45, 7) is 2.55. The molecule has 0 bridgehead atoms. The van der Waals surface area contributed by atoms with Gasteiger partial charge in [-0.15, -0.1) is 0 Å². The van der Waals surface area contributed by atoms with Crippen molar-refractivity contribution in [2.24, 2.45) is 0 Å². The number of benzene rings is 1. The van der Waals surface area contributed by atoms with E-state index >= 15 is 0 Å². The van der Waals surface area contributed by atoms with Crippen LogP contribution in [0.25, 0.3) is 0 Å². The molecule has 1 aliphatic carbocycles. The first-order valence-electron chi connectivity index (χ1n) is 9.85. The van der Waals surface area contributed by atoms with Crippen molar-refractivity contribution in [3.63, 3.8) is 0 Å². The molecule has 1 aromatic carbocycles. The van der Waals surface area contributed by atoms with Gasteiger partial charge >= 0.3 is 0 Å². The van der Waals surface area contributed by atoms with Crippen molar-refractivity contribution in [2.45, 2.75) is 43.9 Å². The summed E-state index contributed by atoms with van der Waals surface area (Å²) in [6.07, 6.45) is 5.86. The van der Waals surface area contributed by atoms with Crippen LogP contribution >= 0.6 is 0 Å². The van der Waals surface area contributed by atoms with Crippen molar-refractivity contribution in [3.8, 4) is 6.07 Å². The van der Waals surface area contributed by atoms with Crippen LogP contribution in [0.1, 0.15) is 48.1 Å². The van der Waals surface area contributed by atoms with Gasteiger partial charge in [0.05, 0.1) is 17.3 Å². The number of nitrogens with one attached hydrogen (secondary N) is 2. The first-order valence-corrected chi connectivity index (χ1v) is 9.85. The maximum atomic E-state index is 12.5. The minimum atomic E-state index is 0.00661. The highest BCUT2D eigenvalue weighted by atomic mass is 16.1. The molecule has 1 fully saturated rings. The molecule has 5 rings (SSSR count). The third-order valence-electron chi connectivity index (χ3n) is 6.53. The predicted molar refractivity (Wildman–Crippen MR) is 104 cm³/mol. The van der Waals surface area contributed by atoms with E-state index in [1.54, 1.807) is 0 Å². The summed E-state index contributed by atoms with van der Waals surface area (Å²) in [6, 6.07) is 8.30. The second-order valence-electron chi connectivity index (χ2n) is 7.98. The number of hydrogen-bond donors (Lipinski definition) is 2. The maximum absolute atomic E-state index is 12.5. The van der Waals surface area contributed by atoms with Crippen LogP contribution in [0, 0.1) is 11.3 Å². The topological polar surface area (TPSA) is 84.8 Å². The molecule has 0 unspecified atom stereocenters. The van der Waals surface area contributed by atoms with Crippen LogP contribution in [-0.2, 0) is 18.3 Å². The number of hydrogen-bond acceptors (Lipinski definition) is 5. The Balaban J connectivity index is 1.42. The van der Waals surface area contributed by atoms with E-state index in [0.29, 0.717) is 0 Å². The first kappa shape index (κ1) is 16.4. The SMILES string of the molecule is N#Cc1cccc2c1C1(CCN(c3nc4c(c(=O)[nH]3)CCCC4)CC1)CN2. The minimum Gasteiger partial charge on any atom is -0.384 e. The summed E-state index contributed by atoms with van der Waals surface area (Å²) in [5, 5.41) is 13.0. The number of fused-ring (bicyclic) bond motifs is 3. The first-order chi connectivity index (χ1) is 13.2. The standard InChI is InChI=1S/C21H23N5O/c22-12-14-4-3-7-17-18(14)21(13-23-17)8-10-26(11-9-21)20-24-16-6-2-1-5-15(16)19(27)25-20/h3-4,7,23H,1-2,5-6,8-11,13H2,(H,24,25,27). The number of aromatic nitrogens is 2. The van der Waals surface area contributed by atoms with Crippen LogP contribution in [-0.4, -0.2) is 29.6 Å². The molecule has 2 aliphatic heterocycles. The molecule has 0 amide bonds. The van der Waals surface area contributed by atoms with Crippen molar-refractivity contribution in [1.29, 1.82) is 5.26 Å². The Labute approximate surface area is 158 Å². The number of rotatable bonds is 1. The van der Waals surface area contributed by atoms with Gasteiger partial charge in [-0.1, -0.05) is 6.07 Å². The molecule has 3 heterocycles. The fraction of sp³-hybridized carbons (Fsp3) is 0.476. The zero-order valence-electron chi connectivity index (χ0n) is 15.3. The van der Waals surface area contributed by atoms with Gasteiger partial charge in [0.1, 0.15) is 0 Å². The molecule has 138 valence electrons. The molecular weight excluding hydrogens is 338 g/mol. The minimum absolute atomic E-state index is 0.00661. The quantitative estimate of drug-likeness (QED) is 0.815. The van der Waals surface area contributed by atoms with Crippen LogP contribution in [0.4, 0.5) is 11.6 Å². The Hall–Kier alpha value is -2.81. The van der Waals surface area contributed by atoms with E-state index in [4.69, 9.17) is 4.98 Å². The molecule has 0 atom stereocenters. The lowest BCUT2D eigenvalue weighted by Gasteiger charge is -2.40. The van der Waals surface area contributed by atoms with E-state index in [9.17, 15) is 10.1 Å². The highest BCUT2D eigenvalue weighted by Gasteiger charge is 2.43. The molecule has 2 N–H and O–H groups in total. The van der Waals surface area contributed by atoms with Crippen LogP contribution in [0.5, 0.6) is 0 Å². The number of nitrogens with zero attached hydrogens (tertiary/aromatic N) is 3. The highest BCUT2D eigenvalue weighted by Crippen LogP contribution is 2.45. The molecule has 3 aliphatic rings. The Morgan fingerprint density at radius 1 is 1.19 bits per heavy atom. The van der Waals surface area contributed by atoms with Crippen molar-refractivity contribution in [1.82, 2.24) is 9.97 Å². The summed E-state index contributed by atoms with van der Waals surface area (Å²) in [4.78, 5) is 22.5. The third-order valence-corrected chi connectivity index (χ3v) is 6.53. The van der Waals surface area contributed by atoms with E-state index in [2.05, 4.69) is 27.3 Å². The predicted octanol–water partition coefficient (Wildman–Crippen LogP) is 2.48. The summed E-state index contributed by atoms with van der Waals surface area (Å²) in [5.41, 5.74) is 4.97. The fourth-order valence-electron chi connectivity index (χ4n) is 5.03. The van der Waals surface area contributed by atoms with Gasteiger partial charge in [-0.05, 0) is 50.7 Å². The highest BCUT2D eigenvalue weighted by molar-refractivity contribution is 5.66. The Morgan fingerprint density at radius 2 is 2.00 bits per heavy atom. The summed E-state index contributed by atoms with van der Waals surface area (Å²) in [5.74, 6) is 0.718. The fourth-order valence-corrected chi connectivity index (χ4v) is 5.03. The maximum Gasteiger partial charge on any atom is 0.255 e. The summed E-state index contributed by atoms with van der Waals surface area (Å²) < 4.78 is 0. The average molecular weight is 361 g/mol. The van der Waals surface area contributed by atoms with Gasteiger partial charge in [-0.3, -0.25) is 9.78 Å². The van der Waals surface area contributed by atoms with Gasteiger partial charge in [-0.2, -0.15) is 5.26 Å². The lowest BCUT2D eigenvalue weighted by atomic mass is 9.73. The lowest BCUT2D eigenvalue weighted by molar-refractivity contribution is 0.358. The Morgan fingerprint density at radius 3 is 2.81 bits per heavy atom. The zero-order valence-corrected chi connectivity index (χ0v) is 15.3. The average Bonchev–Trinajstić information content (AvgIpc) is 3.07. The molecule has 6 nitrogen and oxygen atoms in total. The number of H-pyrrole nitrogens is 1. The van der Waals surface area contributed by atoms with E-state index < -0.39 is 0 Å². The molecule has 6 heteroatoms. The van der Waals surface area contributed by atoms with E-state index in [-0.39, 0.29) is 11.0 Å². The smallest absolute Gasteiger partial charge is 0.255 e. The van der Waals surface area contributed by atoms with Crippen LogP contribution in [0.2, 0.25) is 0 Å². The van der Waals surface area contributed by atoms with Gasteiger partial charge in [0, 0.05) is 41.9 Å². The zero-order chi connectivity index (χ0) is 18.4. The summed E-state index contributed by atoms with van der Waals surface area (Å²) >= 11 is 0. The molecule has 1 spiro atoms. The second-order valence-corrected chi connectivity index (χ2v) is 7.98. The van der Waals surface area contributed by atoms with E-state index in [1.165, 1.54) is 5.56 Å². The third kappa shape index (κ3) is 2.53. The largest absolute Gasteiger partial charge is 0.384 e.